The van der Waals surface area contributed by atoms with Crippen LogP contribution in [0.15, 0.2) is 23.6 Å². The van der Waals surface area contributed by atoms with Gasteiger partial charge in [0.1, 0.15) is 5.54 Å². The molecule has 2 aromatic rings. The van der Waals surface area contributed by atoms with E-state index in [4.69, 9.17) is 0 Å². The number of aromatic amines is 1. The van der Waals surface area contributed by atoms with Crippen LogP contribution in [0.25, 0.3) is 10.6 Å². The number of aromatic nitrogens is 2. The number of carbonyl (C=O) groups is 2. The van der Waals surface area contributed by atoms with E-state index >= 15 is 0 Å². The first-order valence-corrected chi connectivity index (χ1v) is 8.37. The SMILES string of the molecule is O=C(NC1(C(=O)O)CCSC1)c1cc(-c2cccs2)[nH]n1. The number of carboxylic acid groups (broad SMARTS) is 1. The van der Waals surface area contributed by atoms with Crippen LogP contribution in [0.4, 0.5) is 0 Å². The lowest BCUT2D eigenvalue weighted by Gasteiger charge is -2.23. The first kappa shape index (κ1) is 14.2. The second-order valence-electron chi connectivity index (χ2n) is 4.79. The highest BCUT2D eigenvalue weighted by Gasteiger charge is 2.43. The number of thioether (sulfide) groups is 1. The number of hydrogen-bond donors (Lipinski definition) is 3. The number of hydrogen-bond acceptors (Lipinski definition) is 5. The molecule has 3 N–H and O–H groups in total. The molecule has 3 rings (SSSR count). The largest absolute Gasteiger partial charge is 0.479 e. The van der Waals surface area contributed by atoms with Crippen molar-refractivity contribution in [2.75, 3.05) is 11.5 Å². The van der Waals surface area contributed by atoms with E-state index in [1.807, 2.05) is 17.5 Å². The molecule has 0 aliphatic carbocycles. The maximum Gasteiger partial charge on any atom is 0.330 e. The molecule has 1 aliphatic rings. The van der Waals surface area contributed by atoms with Crippen molar-refractivity contribution in [3.8, 4) is 10.6 Å². The van der Waals surface area contributed by atoms with Crippen molar-refractivity contribution in [2.45, 2.75) is 12.0 Å². The number of aliphatic carboxylic acids is 1. The third-order valence-electron chi connectivity index (χ3n) is 3.38. The van der Waals surface area contributed by atoms with E-state index in [0.29, 0.717) is 12.2 Å². The number of nitrogens with one attached hydrogen (secondary N) is 2. The molecule has 1 saturated heterocycles. The molecule has 0 bridgehead atoms. The van der Waals surface area contributed by atoms with Gasteiger partial charge in [-0.25, -0.2) is 4.79 Å². The zero-order chi connectivity index (χ0) is 14.9. The number of carboxylic acids is 1. The van der Waals surface area contributed by atoms with Gasteiger partial charge in [0.2, 0.25) is 0 Å². The van der Waals surface area contributed by atoms with Gasteiger partial charge in [0.25, 0.3) is 5.91 Å². The summed E-state index contributed by atoms with van der Waals surface area (Å²) < 4.78 is 0. The van der Waals surface area contributed by atoms with Gasteiger partial charge in [-0.05, 0) is 29.7 Å². The fraction of sp³-hybridized carbons (Fsp3) is 0.308. The number of carbonyl (C=O) groups excluding carboxylic acids is 1. The van der Waals surface area contributed by atoms with E-state index in [9.17, 15) is 14.7 Å². The van der Waals surface area contributed by atoms with E-state index in [-0.39, 0.29) is 5.69 Å². The highest BCUT2D eigenvalue weighted by Crippen LogP contribution is 2.29. The molecule has 0 spiro atoms. The van der Waals surface area contributed by atoms with Gasteiger partial charge >= 0.3 is 5.97 Å². The Morgan fingerprint density at radius 1 is 1.48 bits per heavy atom. The lowest BCUT2D eigenvalue weighted by atomic mass is 9.99. The van der Waals surface area contributed by atoms with Crippen molar-refractivity contribution in [3.63, 3.8) is 0 Å². The van der Waals surface area contributed by atoms with Gasteiger partial charge in [-0.15, -0.1) is 11.3 Å². The molecular formula is C13H13N3O3S2. The van der Waals surface area contributed by atoms with Gasteiger partial charge in [-0.2, -0.15) is 16.9 Å². The van der Waals surface area contributed by atoms with Crippen LogP contribution in [0.1, 0.15) is 16.9 Å². The smallest absolute Gasteiger partial charge is 0.330 e. The minimum Gasteiger partial charge on any atom is -0.479 e. The van der Waals surface area contributed by atoms with Gasteiger partial charge in [0.15, 0.2) is 5.69 Å². The maximum atomic E-state index is 12.2. The summed E-state index contributed by atoms with van der Waals surface area (Å²) >= 11 is 3.07. The summed E-state index contributed by atoms with van der Waals surface area (Å²) in [6, 6.07) is 5.47. The highest BCUT2D eigenvalue weighted by molar-refractivity contribution is 7.99. The first-order chi connectivity index (χ1) is 10.1. The lowest BCUT2D eigenvalue weighted by molar-refractivity contribution is -0.143. The number of thiophene rings is 1. The molecule has 0 saturated carbocycles. The molecule has 0 aromatic carbocycles. The summed E-state index contributed by atoms with van der Waals surface area (Å²) in [6.07, 6.45) is 0.431. The average Bonchev–Trinajstić information content (AvgIpc) is 3.20. The van der Waals surface area contributed by atoms with E-state index < -0.39 is 17.4 Å². The Kier molecular flexibility index (Phi) is 3.73. The van der Waals surface area contributed by atoms with Crippen LogP contribution in [-0.4, -0.2) is 44.2 Å². The van der Waals surface area contributed by atoms with E-state index in [0.717, 1.165) is 16.3 Å². The molecule has 3 heterocycles. The van der Waals surface area contributed by atoms with Gasteiger partial charge in [0, 0.05) is 5.75 Å². The molecule has 6 nitrogen and oxygen atoms in total. The van der Waals surface area contributed by atoms with Crippen molar-refractivity contribution >= 4 is 35.0 Å². The maximum absolute atomic E-state index is 12.2. The first-order valence-electron chi connectivity index (χ1n) is 6.34. The number of nitrogens with zero attached hydrogens (tertiary/aromatic N) is 1. The highest BCUT2D eigenvalue weighted by atomic mass is 32.2. The molecule has 1 aliphatic heterocycles. The fourth-order valence-corrected chi connectivity index (χ4v) is 4.18. The van der Waals surface area contributed by atoms with E-state index in [1.54, 1.807) is 6.07 Å². The van der Waals surface area contributed by atoms with Crippen molar-refractivity contribution in [2.24, 2.45) is 0 Å². The Bertz CT molecular complexity index is 660. The third kappa shape index (κ3) is 2.68. The molecule has 21 heavy (non-hydrogen) atoms. The summed E-state index contributed by atoms with van der Waals surface area (Å²) in [6.45, 7) is 0. The summed E-state index contributed by atoms with van der Waals surface area (Å²) in [4.78, 5) is 24.6. The van der Waals surface area contributed by atoms with Crippen LogP contribution < -0.4 is 5.32 Å². The molecule has 1 fully saturated rings. The number of H-pyrrole nitrogens is 1. The van der Waals surface area contributed by atoms with E-state index in [2.05, 4.69) is 15.5 Å². The zero-order valence-electron chi connectivity index (χ0n) is 11.0. The Balaban J connectivity index is 1.78. The predicted molar refractivity (Wildman–Crippen MR) is 81.7 cm³/mol. The molecule has 1 amide bonds. The molecule has 110 valence electrons. The monoisotopic (exact) mass is 323 g/mol. The van der Waals surface area contributed by atoms with Gasteiger partial charge in [-0.1, -0.05) is 6.07 Å². The van der Waals surface area contributed by atoms with Crippen LogP contribution in [0.5, 0.6) is 0 Å². The molecule has 2 aromatic heterocycles. The summed E-state index contributed by atoms with van der Waals surface area (Å²) in [5.41, 5.74) is -0.222. The van der Waals surface area contributed by atoms with Gasteiger partial charge in [0.05, 0.1) is 10.6 Å². The van der Waals surface area contributed by atoms with E-state index in [1.165, 1.54) is 23.1 Å². The van der Waals surface area contributed by atoms with Crippen LogP contribution in [0, 0.1) is 0 Å². The van der Waals surface area contributed by atoms with Crippen LogP contribution in [0.3, 0.4) is 0 Å². The number of rotatable bonds is 4. The second kappa shape index (κ2) is 5.53. The van der Waals surface area contributed by atoms with Crippen LogP contribution in [0.2, 0.25) is 0 Å². The molecular weight excluding hydrogens is 310 g/mol. The summed E-state index contributed by atoms with van der Waals surface area (Å²) in [7, 11) is 0. The Labute approximate surface area is 129 Å². The Hall–Kier alpha value is -1.80. The van der Waals surface area contributed by atoms with Crippen molar-refractivity contribution in [3.05, 3.63) is 29.3 Å². The quantitative estimate of drug-likeness (QED) is 0.798. The van der Waals surface area contributed by atoms with Gasteiger partial charge in [-0.3, -0.25) is 9.89 Å². The predicted octanol–water partition coefficient (Wildman–Crippen LogP) is 1.83. The minimum absolute atomic E-state index is 0.205. The minimum atomic E-state index is -1.18. The normalized spacial score (nSPS) is 21.3. The zero-order valence-corrected chi connectivity index (χ0v) is 12.6. The summed E-state index contributed by atoms with van der Waals surface area (Å²) in [5.74, 6) is -0.335. The molecule has 1 atom stereocenters. The fourth-order valence-electron chi connectivity index (χ4n) is 2.16. The van der Waals surface area contributed by atoms with Crippen LogP contribution >= 0.6 is 23.1 Å². The molecule has 0 radical (unpaired) electrons. The van der Waals surface area contributed by atoms with Gasteiger partial charge < -0.3 is 10.4 Å². The topological polar surface area (TPSA) is 95.1 Å². The number of amides is 1. The average molecular weight is 323 g/mol. The second-order valence-corrected chi connectivity index (χ2v) is 6.84. The molecule has 8 heteroatoms. The molecule has 1 unspecified atom stereocenters. The lowest BCUT2D eigenvalue weighted by Crippen LogP contribution is -2.54. The Morgan fingerprint density at radius 2 is 2.33 bits per heavy atom. The van der Waals surface area contributed by atoms with Crippen molar-refractivity contribution in [1.29, 1.82) is 0 Å². The third-order valence-corrected chi connectivity index (χ3v) is 5.47. The standard InChI is InChI=1S/C13H13N3O3S2/c17-11(14-13(12(18)19)3-5-20-7-13)9-6-8(15-16-9)10-2-1-4-21-10/h1-2,4,6H,3,5,7H2,(H,14,17)(H,15,16)(H,18,19). The summed E-state index contributed by atoms with van der Waals surface area (Å²) in [5, 5.41) is 20.7. The van der Waals surface area contributed by atoms with Crippen molar-refractivity contribution < 1.29 is 14.7 Å². The van der Waals surface area contributed by atoms with Crippen molar-refractivity contribution in [1.82, 2.24) is 15.5 Å². The van der Waals surface area contributed by atoms with Crippen LogP contribution in [-0.2, 0) is 4.79 Å². The Morgan fingerprint density at radius 3 is 2.95 bits per heavy atom.